The summed E-state index contributed by atoms with van der Waals surface area (Å²) < 4.78 is -0.182. The first-order valence-corrected chi connectivity index (χ1v) is 7.50. The maximum atomic E-state index is 9.90. The van der Waals surface area contributed by atoms with Crippen LogP contribution in [0.3, 0.4) is 0 Å². The van der Waals surface area contributed by atoms with Crippen LogP contribution in [0.5, 0.6) is 0 Å². The molecule has 0 heterocycles. The first-order chi connectivity index (χ1) is 7.45. The molecule has 0 amide bonds. The van der Waals surface area contributed by atoms with Crippen molar-refractivity contribution in [1.82, 2.24) is 0 Å². The van der Waals surface area contributed by atoms with E-state index in [2.05, 4.69) is 0 Å². The molecule has 0 fully saturated rings. The molecule has 98 valence electrons. The van der Waals surface area contributed by atoms with E-state index in [0.717, 1.165) is 11.5 Å². The van der Waals surface area contributed by atoms with Crippen LogP contribution >= 0.6 is 23.5 Å². The maximum absolute atomic E-state index is 9.90. The molecule has 0 aromatic carbocycles. The van der Waals surface area contributed by atoms with E-state index < -0.39 is 24.4 Å². The normalized spacial score (nSPS) is 19.5. The van der Waals surface area contributed by atoms with Crippen LogP contribution in [0.1, 0.15) is 20.8 Å². The van der Waals surface area contributed by atoms with Crippen LogP contribution in [0.2, 0.25) is 0 Å². The predicted octanol–water partition coefficient (Wildman–Crippen LogP) is 0.282. The summed E-state index contributed by atoms with van der Waals surface area (Å²) in [5.74, 6) is 1.65. The Balaban J connectivity index is 4.40. The minimum atomic E-state index is -1.32. The Morgan fingerprint density at radius 2 is 1.25 bits per heavy atom. The Labute approximate surface area is 105 Å². The molecule has 0 bridgehead atoms. The van der Waals surface area contributed by atoms with Gasteiger partial charge < -0.3 is 20.4 Å². The molecule has 0 unspecified atom stereocenters. The Bertz CT molecular complexity index is 172. The molecule has 0 saturated carbocycles. The molecule has 16 heavy (non-hydrogen) atoms. The van der Waals surface area contributed by atoms with Gasteiger partial charge in [-0.3, -0.25) is 0 Å². The van der Waals surface area contributed by atoms with Crippen molar-refractivity contribution in [3.8, 4) is 0 Å². The van der Waals surface area contributed by atoms with Crippen LogP contribution in [0, 0.1) is 0 Å². The standard InChI is InChI=1S/C10H22O4S2/c1-4-15-10(16-5-2)9(14)8(13)7(12)6(3)11/h6-14H,4-5H2,1-3H3/t6-,7-,8+,9+/m0/s1. The van der Waals surface area contributed by atoms with Crippen molar-refractivity contribution in [2.45, 2.75) is 49.8 Å². The van der Waals surface area contributed by atoms with E-state index >= 15 is 0 Å². The molecule has 4 atom stereocenters. The number of thioether (sulfide) groups is 2. The highest BCUT2D eigenvalue weighted by Gasteiger charge is 2.33. The van der Waals surface area contributed by atoms with Gasteiger partial charge in [0, 0.05) is 0 Å². The van der Waals surface area contributed by atoms with Gasteiger partial charge in [0.15, 0.2) is 0 Å². The molecule has 0 aromatic rings. The van der Waals surface area contributed by atoms with Crippen LogP contribution in [-0.4, -0.2) is 60.9 Å². The summed E-state index contributed by atoms with van der Waals surface area (Å²) >= 11 is 3.05. The number of hydrogen-bond donors (Lipinski definition) is 4. The summed E-state index contributed by atoms with van der Waals surface area (Å²) in [7, 11) is 0. The van der Waals surface area contributed by atoms with Crippen LogP contribution < -0.4 is 0 Å². The first-order valence-electron chi connectivity index (χ1n) is 5.41. The van der Waals surface area contributed by atoms with Gasteiger partial charge in [0.1, 0.15) is 18.3 Å². The molecule has 0 rings (SSSR count). The second-order valence-corrected chi connectivity index (χ2v) is 6.63. The van der Waals surface area contributed by atoms with Crippen molar-refractivity contribution in [2.24, 2.45) is 0 Å². The molecule has 4 N–H and O–H groups in total. The van der Waals surface area contributed by atoms with Crippen LogP contribution in [0.4, 0.5) is 0 Å². The molecule has 0 aliphatic heterocycles. The van der Waals surface area contributed by atoms with Gasteiger partial charge in [0.05, 0.1) is 10.7 Å². The van der Waals surface area contributed by atoms with Gasteiger partial charge in [-0.1, -0.05) is 13.8 Å². The molecule has 0 aliphatic rings. The quantitative estimate of drug-likeness (QED) is 0.475. The van der Waals surface area contributed by atoms with E-state index in [-0.39, 0.29) is 4.58 Å². The van der Waals surface area contributed by atoms with E-state index in [0.29, 0.717) is 0 Å². The van der Waals surface area contributed by atoms with Gasteiger partial charge in [-0.05, 0) is 18.4 Å². The number of aliphatic hydroxyl groups excluding tert-OH is 4. The molecule has 6 heteroatoms. The third kappa shape index (κ3) is 5.25. The third-order valence-electron chi connectivity index (χ3n) is 2.13. The second kappa shape index (κ2) is 8.60. The highest BCUT2D eigenvalue weighted by Crippen LogP contribution is 2.29. The smallest absolute Gasteiger partial charge is 0.110 e. The van der Waals surface area contributed by atoms with Crippen molar-refractivity contribution in [3.05, 3.63) is 0 Å². The minimum absolute atomic E-state index is 0.182. The fraction of sp³-hybridized carbons (Fsp3) is 1.00. The lowest BCUT2D eigenvalue weighted by molar-refractivity contribution is -0.0952. The van der Waals surface area contributed by atoms with E-state index in [1.54, 1.807) is 0 Å². The van der Waals surface area contributed by atoms with E-state index in [9.17, 15) is 15.3 Å². The lowest BCUT2D eigenvalue weighted by atomic mass is 10.1. The van der Waals surface area contributed by atoms with Crippen molar-refractivity contribution in [3.63, 3.8) is 0 Å². The SMILES string of the molecule is CCSC(SCC)[C@H](O)[C@H](O)[C@@H](O)[C@H](C)O. The molecule has 0 aromatic heterocycles. The van der Waals surface area contributed by atoms with Gasteiger partial charge >= 0.3 is 0 Å². The summed E-state index contributed by atoms with van der Waals surface area (Å²) in [6.07, 6.45) is -4.72. The second-order valence-electron chi connectivity index (χ2n) is 3.49. The fourth-order valence-corrected chi connectivity index (χ4v) is 3.80. The number of aliphatic hydroxyl groups is 4. The lowest BCUT2D eigenvalue weighted by Gasteiger charge is -2.29. The molecule has 0 saturated heterocycles. The van der Waals surface area contributed by atoms with Crippen LogP contribution in [0.15, 0.2) is 0 Å². The largest absolute Gasteiger partial charge is 0.391 e. The molecule has 0 aliphatic carbocycles. The minimum Gasteiger partial charge on any atom is -0.391 e. The van der Waals surface area contributed by atoms with E-state index in [1.165, 1.54) is 30.4 Å². The molecule has 4 nitrogen and oxygen atoms in total. The number of hydrogen-bond acceptors (Lipinski definition) is 6. The van der Waals surface area contributed by atoms with Gasteiger partial charge in [-0.2, -0.15) is 0 Å². The van der Waals surface area contributed by atoms with Crippen LogP contribution in [-0.2, 0) is 0 Å². The van der Waals surface area contributed by atoms with Gasteiger partial charge in [-0.25, -0.2) is 0 Å². The zero-order valence-corrected chi connectivity index (χ0v) is 11.5. The fourth-order valence-electron chi connectivity index (χ4n) is 1.22. The molecular weight excluding hydrogens is 248 g/mol. The van der Waals surface area contributed by atoms with Crippen molar-refractivity contribution >= 4 is 23.5 Å². The first kappa shape index (κ1) is 16.5. The average molecular weight is 270 g/mol. The molecule has 0 radical (unpaired) electrons. The summed E-state index contributed by atoms with van der Waals surface area (Å²) in [6.45, 7) is 5.33. The Morgan fingerprint density at radius 1 is 0.812 bits per heavy atom. The summed E-state index contributed by atoms with van der Waals surface area (Å²) in [6, 6.07) is 0. The Morgan fingerprint density at radius 3 is 1.56 bits per heavy atom. The van der Waals surface area contributed by atoms with Gasteiger partial charge in [0.2, 0.25) is 0 Å². The van der Waals surface area contributed by atoms with E-state index in [1.807, 2.05) is 13.8 Å². The average Bonchev–Trinajstić information content (AvgIpc) is 2.25. The summed E-state index contributed by atoms with van der Waals surface area (Å²) in [5, 5.41) is 38.2. The monoisotopic (exact) mass is 270 g/mol. The summed E-state index contributed by atoms with van der Waals surface area (Å²) in [5.41, 5.74) is 0. The predicted molar refractivity (Wildman–Crippen MR) is 69.8 cm³/mol. The highest BCUT2D eigenvalue weighted by molar-refractivity contribution is 8.17. The molecular formula is C10H22O4S2. The van der Waals surface area contributed by atoms with Crippen molar-refractivity contribution < 1.29 is 20.4 Å². The number of rotatable bonds is 8. The zero-order chi connectivity index (χ0) is 12.7. The lowest BCUT2D eigenvalue weighted by Crippen LogP contribution is -2.46. The zero-order valence-electron chi connectivity index (χ0n) is 9.91. The third-order valence-corrected chi connectivity index (χ3v) is 4.83. The van der Waals surface area contributed by atoms with Crippen LogP contribution in [0.25, 0.3) is 0 Å². The highest BCUT2D eigenvalue weighted by atomic mass is 32.2. The van der Waals surface area contributed by atoms with Gasteiger partial charge in [-0.15, -0.1) is 23.5 Å². The van der Waals surface area contributed by atoms with Crippen molar-refractivity contribution in [1.29, 1.82) is 0 Å². The van der Waals surface area contributed by atoms with Crippen molar-refractivity contribution in [2.75, 3.05) is 11.5 Å². The Kier molecular flexibility index (Phi) is 8.90. The topological polar surface area (TPSA) is 80.9 Å². The molecule has 0 spiro atoms. The Hall–Kier alpha value is 0.540. The van der Waals surface area contributed by atoms with E-state index in [4.69, 9.17) is 5.11 Å². The summed E-state index contributed by atoms with van der Waals surface area (Å²) in [4.78, 5) is 0. The van der Waals surface area contributed by atoms with Gasteiger partial charge in [0.25, 0.3) is 0 Å². The maximum Gasteiger partial charge on any atom is 0.110 e.